The summed E-state index contributed by atoms with van der Waals surface area (Å²) in [6.45, 7) is 2.53. The Morgan fingerprint density at radius 3 is 2.19 bits per heavy atom. The van der Waals surface area contributed by atoms with Crippen LogP contribution in [-0.2, 0) is 4.79 Å². The first kappa shape index (κ1) is 15.0. The summed E-state index contributed by atoms with van der Waals surface area (Å²) in [5.74, 6) is -0.444. The zero-order valence-corrected chi connectivity index (χ0v) is 12.0. The van der Waals surface area contributed by atoms with Gasteiger partial charge in [0, 0.05) is 30.3 Å². The molecular formula is C15H19N3O3. The molecule has 1 saturated heterocycles. The number of hydrogen-bond acceptors (Lipinski definition) is 3. The van der Waals surface area contributed by atoms with Crippen LogP contribution in [0, 0.1) is 5.92 Å². The van der Waals surface area contributed by atoms with Gasteiger partial charge in [0.1, 0.15) is 0 Å². The largest absolute Gasteiger partial charge is 0.369 e. The van der Waals surface area contributed by atoms with Gasteiger partial charge < -0.3 is 16.0 Å². The molecule has 2 rings (SSSR count). The molecule has 1 fully saturated rings. The number of piperidine rings is 1. The number of rotatable bonds is 3. The van der Waals surface area contributed by atoms with Gasteiger partial charge in [-0.1, -0.05) is 0 Å². The van der Waals surface area contributed by atoms with Crippen molar-refractivity contribution in [3.63, 3.8) is 0 Å². The molecule has 0 unspecified atom stereocenters. The van der Waals surface area contributed by atoms with Crippen LogP contribution in [0.4, 0.5) is 10.5 Å². The molecule has 0 bridgehead atoms. The molecule has 0 aliphatic carbocycles. The van der Waals surface area contributed by atoms with Crippen LogP contribution in [-0.4, -0.2) is 35.7 Å². The maximum Gasteiger partial charge on any atom is 0.321 e. The molecule has 112 valence electrons. The minimum Gasteiger partial charge on any atom is -0.369 e. The summed E-state index contributed by atoms with van der Waals surface area (Å²) in [6.07, 6.45) is 1.21. The van der Waals surface area contributed by atoms with Crippen molar-refractivity contribution in [3.05, 3.63) is 29.8 Å². The highest BCUT2D eigenvalue weighted by Gasteiger charge is 2.25. The van der Waals surface area contributed by atoms with E-state index in [1.54, 1.807) is 29.2 Å². The summed E-state index contributed by atoms with van der Waals surface area (Å²) in [5.41, 5.74) is 6.51. The zero-order valence-electron chi connectivity index (χ0n) is 12.0. The Morgan fingerprint density at radius 2 is 1.71 bits per heavy atom. The van der Waals surface area contributed by atoms with E-state index in [2.05, 4.69) is 5.32 Å². The summed E-state index contributed by atoms with van der Waals surface area (Å²) in [5, 5.41) is 2.78. The number of benzene rings is 1. The summed E-state index contributed by atoms with van der Waals surface area (Å²) < 4.78 is 0. The van der Waals surface area contributed by atoms with Crippen molar-refractivity contribution < 1.29 is 14.4 Å². The van der Waals surface area contributed by atoms with Crippen molar-refractivity contribution in [3.8, 4) is 0 Å². The highest BCUT2D eigenvalue weighted by molar-refractivity contribution is 5.95. The zero-order chi connectivity index (χ0) is 15.4. The van der Waals surface area contributed by atoms with Gasteiger partial charge in [0.15, 0.2) is 5.78 Å². The third-order valence-electron chi connectivity index (χ3n) is 3.73. The highest BCUT2D eigenvalue weighted by Crippen LogP contribution is 2.18. The second kappa shape index (κ2) is 6.39. The number of hydrogen-bond donors (Lipinski definition) is 2. The Bertz CT molecular complexity index is 546. The lowest BCUT2D eigenvalue weighted by molar-refractivity contribution is -0.122. The first-order valence-electron chi connectivity index (χ1n) is 6.93. The second-order valence-corrected chi connectivity index (χ2v) is 5.23. The number of carbonyl (C=O) groups excluding carboxylic acids is 3. The van der Waals surface area contributed by atoms with Gasteiger partial charge >= 0.3 is 6.03 Å². The fourth-order valence-corrected chi connectivity index (χ4v) is 2.36. The fraction of sp³-hybridized carbons (Fsp3) is 0.400. The molecule has 0 radical (unpaired) electrons. The lowest BCUT2D eigenvalue weighted by Gasteiger charge is -2.30. The van der Waals surface area contributed by atoms with Gasteiger partial charge in [-0.05, 0) is 44.0 Å². The molecule has 1 heterocycles. The molecule has 6 heteroatoms. The Balaban J connectivity index is 1.90. The molecule has 0 spiro atoms. The van der Waals surface area contributed by atoms with Crippen LogP contribution in [0.15, 0.2) is 24.3 Å². The molecule has 3 amide bonds. The van der Waals surface area contributed by atoms with E-state index in [1.165, 1.54) is 6.92 Å². The average molecular weight is 289 g/mol. The normalized spacial score (nSPS) is 15.6. The number of likely N-dealkylation sites (tertiary alicyclic amines) is 1. The molecule has 1 aromatic rings. The van der Waals surface area contributed by atoms with Crippen LogP contribution in [0.3, 0.4) is 0 Å². The van der Waals surface area contributed by atoms with Gasteiger partial charge in [0.2, 0.25) is 5.91 Å². The van der Waals surface area contributed by atoms with E-state index in [0.717, 1.165) is 0 Å². The number of ketones is 1. The second-order valence-electron chi connectivity index (χ2n) is 5.23. The SMILES string of the molecule is CC(=O)c1ccc(NC(=O)N2CCC(C(N)=O)CC2)cc1. The molecule has 0 saturated carbocycles. The van der Waals surface area contributed by atoms with Crippen molar-refractivity contribution in [2.45, 2.75) is 19.8 Å². The van der Waals surface area contributed by atoms with E-state index in [1.807, 2.05) is 0 Å². The number of nitrogens with zero attached hydrogens (tertiary/aromatic N) is 1. The Morgan fingerprint density at radius 1 is 1.14 bits per heavy atom. The first-order chi connectivity index (χ1) is 9.97. The average Bonchev–Trinajstić information content (AvgIpc) is 2.47. The standard InChI is InChI=1S/C15H19N3O3/c1-10(19)11-2-4-13(5-3-11)17-15(21)18-8-6-12(7-9-18)14(16)20/h2-5,12H,6-9H2,1H3,(H2,16,20)(H,17,21). The minimum absolute atomic E-state index is 0.0126. The Labute approximate surface area is 123 Å². The van der Waals surface area contributed by atoms with Crippen LogP contribution in [0.25, 0.3) is 0 Å². The van der Waals surface area contributed by atoms with Gasteiger partial charge in [-0.3, -0.25) is 9.59 Å². The van der Waals surface area contributed by atoms with Crippen LogP contribution in [0.1, 0.15) is 30.1 Å². The number of primary amides is 1. The lowest BCUT2D eigenvalue weighted by atomic mass is 9.96. The van der Waals surface area contributed by atoms with Crippen LogP contribution in [0.5, 0.6) is 0 Å². The predicted molar refractivity (Wildman–Crippen MR) is 79.0 cm³/mol. The fourth-order valence-electron chi connectivity index (χ4n) is 2.36. The third-order valence-corrected chi connectivity index (χ3v) is 3.73. The number of urea groups is 1. The summed E-state index contributed by atoms with van der Waals surface area (Å²) in [6, 6.07) is 6.55. The third kappa shape index (κ3) is 3.81. The predicted octanol–water partition coefficient (Wildman–Crippen LogP) is 1.62. The van der Waals surface area contributed by atoms with E-state index in [-0.39, 0.29) is 23.6 Å². The maximum absolute atomic E-state index is 12.1. The van der Waals surface area contributed by atoms with E-state index in [4.69, 9.17) is 5.73 Å². The van der Waals surface area contributed by atoms with Crippen molar-refractivity contribution in [2.75, 3.05) is 18.4 Å². The molecule has 0 atom stereocenters. The van der Waals surface area contributed by atoms with Gasteiger partial charge in [0.05, 0.1) is 0 Å². The molecule has 21 heavy (non-hydrogen) atoms. The first-order valence-corrected chi connectivity index (χ1v) is 6.93. The van der Waals surface area contributed by atoms with Crippen LogP contribution in [0.2, 0.25) is 0 Å². The molecular weight excluding hydrogens is 270 g/mol. The van der Waals surface area contributed by atoms with Crippen molar-refractivity contribution in [1.29, 1.82) is 0 Å². The highest BCUT2D eigenvalue weighted by atomic mass is 16.2. The van der Waals surface area contributed by atoms with Gasteiger partial charge in [-0.15, -0.1) is 0 Å². The van der Waals surface area contributed by atoms with Crippen molar-refractivity contribution >= 4 is 23.4 Å². The Kier molecular flexibility index (Phi) is 4.57. The monoisotopic (exact) mass is 289 g/mol. The van der Waals surface area contributed by atoms with Gasteiger partial charge in [-0.25, -0.2) is 4.79 Å². The van der Waals surface area contributed by atoms with E-state index in [0.29, 0.717) is 37.2 Å². The summed E-state index contributed by atoms with van der Waals surface area (Å²) in [4.78, 5) is 36.0. The number of nitrogens with two attached hydrogens (primary N) is 1. The van der Waals surface area contributed by atoms with E-state index >= 15 is 0 Å². The van der Waals surface area contributed by atoms with E-state index < -0.39 is 0 Å². The van der Waals surface area contributed by atoms with Gasteiger partial charge in [0.25, 0.3) is 0 Å². The van der Waals surface area contributed by atoms with Crippen molar-refractivity contribution in [1.82, 2.24) is 4.90 Å². The molecule has 0 aromatic heterocycles. The topological polar surface area (TPSA) is 92.5 Å². The van der Waals surface area contributed by atoms with Gasteiger partial charge in [-0.2, -0.15) is 0 Å². The molecule has 1 aliphatic heterocycles. The van der Waals surface area contributed by atoms with Crippen molar-refractivity contribution in [2.24, 2.45) is 11.7 Å². The Hall–Kier alpha value is -2.37. The minimum atomic E-state index is -0.296. The van der Waals surface area contributed by atoms with E-state index in [9.17, 15) is 14.4 Å². The lowest BCUT2D eigenvalue weighted by Crippen LogP contribution is -2.43. The summed E-state index contributed by atoms with van der Waals surface area (Å²) in [7, 11) is 0. The number of Topliss-reactive ketones (excluding diaryl/α,β-unsaturated/α-hetero) is 1. The van der Waals surface area contributed by atoms with Crippen LogP contribution < -0.4 is 11.1 Å². The number of carbonyl (C=O) groups is 3. The number of anilines is 1. The molecule has 3 N–H and O–H groups in total. The number of nitrogens with one attached hydrogen (secondary N) is 1. The molecule has 6 nitrogen and oxygen atoms in total. The smallest absolute Gasteiger partial charge is 0.321 e. The van der Waals surface area contributed by atoms with Crippen LogP contribution >= 0.6 is 0 Å². The molecule has 1 aromatic carbocycles. The molecule has 1 aliphatic rings. The maximum atomic E-state index is 12.1. The quantitative estimate of drug-likeness (QED) is 0.828. The number of amides is 3. The summed E-state index contributed by atoms with van der Waals surface area (Å²) >= 11 is 0.